The fraction of sp³-hybridized carbons (Fsp3) is 0.267. The summed E-state index contributed by atoms with van der Waals surface area (Å²) in [6, 6.07) is 9.70. The Balaban J connectivity index is 1.96. The lowest BCUT2D eigenvalue weighted by Gasteiger charge is -2.11. The predicted octanol–water partition coefficient (Wildman–Crippen LogP) is 2.17. The van der Waals surface area contributed by atoms with E-state index in [1.54, 1.807) is 13.3 Å². The molecule has 0 fully saturated rings. The van der Waals surface area contributed by atoms with Crippen molar-refractivity contribution in [1.82, 2.24) is 4.98 Å². The zero-order chi connectivity index (χ0) is 13.5. The van der Waals surface area contributed by atoms with Gasteiger partial charge in [0, 0.05) is 25.4 Å². The molecule has 0 saturated carbocycles. The van der Waals surface area contributed by atoms with Crippen LogP contribution in [-0.2, 0) is 13.0 Å². The molecule has 0 unspecified atom stereocenters. The van der Waals surface area contributed by atoms with E-state index in [4.69, 9.17) is 15.2 Å². The number of pyridine rings is 1. The van der Waals surface area contributed by atoms with Crippen molar-refractivity contribution < 1.29 is 9.47 Å². The van der Waals surface area contributed by atoms with Crippen LogP contribution < -0.4 is 15.2 Å². The lowest BCUT2D eigenvalue weighted by Crippen LogP contribution is -2.04. The number of methoxy groups -OCH3 is 1. The van der Waals surface area contributed by atoms with Gasteiger partial charge in [0.25, 0.3) is 0 Å². The fourth-order valence-electron chi connectivity index (χ4n) is 1.78. The Morgan fingerprint density at radius 1 is 1.16 bits per heavy atom. The van der Waals surface area contributed by atoms with Crippen molar-refractivity contribution in [2.75, 3.05) is 13.7 Å². The number of nitrogens with two attached hydrogens (primary N) is 1. The lowest BCUT2D eigenvalue weighted by atomic mass is 10.2. The van der Waals surface area contributed by atoms with Gasteiger partial charge in [-0.1, -0.05) is 12.1 Å². The third kappa shape index (κ3) is 3.69. The second kappa shape index (κ2) is 6.75. The zero-order valence-corrected chi connectivity index (χ0v) is 11.0. The Labute approximate surface area is 113 Å². The van der Waals surface area contributed by atoms with Crippen LogP contribution in [0, 0.1) is 0 Å². The highest BCUT2D eigenvalue weighted by Gasteiger charge is 2.05. The van der Waals surface area contributed by atoms with Crippen LogP contribution in [0.4, 0.5) is 0 Å². The Morgan fingerprint density at radius 3 is 2.74 bits per heavy atom. The summed E-state index contributed by atoms with van der Waals surface area (Å²) < 4.78 is 11.0. The predicted molar refractivity (Wildman–Crippen MR) is 74.3 cm³/mol. The summed E-state index contributed by atoms with van der Waals surface area (Å²) >= 11 is 0. The van der Waals surface area contributed by atoms with Gasteiger partial charge in [-0.05, 0) is 29.3 Å². The summed E-state index contributed by atoms with van der Waals surface area (Å²) in [5.41, 5.74) is 7.77. The number of hydrogen-bond acceptors (Lipinski definition) is 4. The van der Waals surface area contributed by atoms with Gasteiger partial charge in [-0.2, -0.15) is 0 Å². The largest absolute Gasteiger partial charge is 0.493 e. The molecule has 0 atom stereocenters. The van der Waals surface area contributed by atoms with Crippen molar-refractivity contribution in [3.05, 3.63) is 53.9 Å². The summed E-state index contributed by atoms with van der Waals surface area (Å²) in [4.78, 5) is 4.07. The van der Waals surface area contributed by atoms with Gasteiger partial charge in [-0.15, -0.1) is 0 Å². The van der Waals surface area contributed by atoms with Crippen molar-refractivity contribution >= 4 is 0 Å². The monoisotopic (exact) mass is 258 g/mol. The molecular weight excluding hydrogens is 240 g/mol. The van der Waals surface area contributed by atoms with Crippen molar-refractivity contribution in [3.8, 4) is 11.5 Å². The number of aromatic nitrogens is 1. The normalized spacial score (nSPS) is 10.2. The first-order chi connectivity index (χ1) is 9.33. The van der Waals surface area contributed by atoms with E-state index in [0.29, 0.717) is 18.9 Å². The summed E-state index contributed by atoms with van der Waals surface area (Å²) in [6.45, 7) is 1.08. The Morgan fingerprint density at radius 2 is 2.05 bits per heavy atom. The molecule has 0 saturated heterocycles. The molecule has 0 amide bonds. The van der Waals surface area contributed by atoms with Gasteiger partial charge in [0.15, 0.2) is 11.5 Å². The van der Waals surface area contributed by atoms with E-state index in [1.807, 2.05) is 36.5 Å². The van der Waals surface area contributed by atoms with Crippen molar-refractivity contribution in [1.29, 1.82) is 0 Å². The maximum absolute atomic E-state index is 5.74. The fourth-order valence-corrected chi connectivity index (χ4v) is 1.78. The number of rotatable bonds is 6. The van der Waals surface area contributed by atoms with E-state index in [1.165, 1.54) is 0 Å². The van der Waals surface area contributed by atoms with Gasteiger partial charge < -0.3 is 15.2 Å². The van der Waals surface area contributed by atoms with Crippen LogP contribution in [0.15, 0.2) is 42.7 Å². The van der Waals surface area contributed by atoms with E-state index in [0.717, 1.165) is 23.3 Å². The van der Waals surface area contributed by atoms with E-state index in [2.05, 4.69) is 4.98 Å². The molecule has 2 aromatic rings. The van der Waals surface area contributed by atoms with Gasteiger partial charge >= 0.3 is 0 Å². The molecule has 0 spiro atoms. The maximum Gasteiger partial charge on any atom is 0.161 e. The Kier molecular flexibility index (Phi) is 4.75. The molecule has 2 N–H and O–H groups in total. The highest BCUT2D eigenvalue weighted by Crippen LogP contribution is 2.28. The van der Waals surface area contributed by atoms with Gasteiger partial charge in [0.05, 0.1) is 13.7 Å². The highest BCUT2D eigenvalue weighted by molar-refractivity contribution is 5.42. The number of ether oxygens (including phenoxy) is 2. The molecule has 100 valence electrons. The first kappa shape index (κ1) is 13.4. The third-order valence-electron chi connectivity index (χ3n) is 2.83. The van der Waals surface area contributed by atoms with Crippen molar-refractivity contribution in [2.45, 2.75) is 13.0 Å². The van der Waals surface area contributed by atoms with E-state index >= 15 is 0 Å². The lowest BCUT2D eigenvalue weighted by molar-refractivity contribution is 0.297. The molecule has 0 radical (unpaired) electrons. The van der Waals surface area contributed by atoms with E-state index < -0.39 is 0 Å². The minimum atomic E-state index is 0.492. The van der Waals surface area contributed by atoms with Crippen LogP contribution in [0.1, 0.15) is 11.1 Å². The summed E-state index contributed by atoms with van der Waals surface area (Å²) in [6.07, 6.45) is 4.42. The average Bonchev–Trinajstić information content (AvgIpc) is 2.48. The number of benzene rings is 1. The van der Waals surface area contributed by atoms with Gasteiger partial charge in [-0.3, -0.25) is 4.98 Å². The SMILES string of the molecule is COc1cc(CN)ccc1OCCc1cccnc1. The van der Waals surface area contributed by atoms with Gasteiger partial charge in [-0.25, -0.2) is 0 Å². The maximum atomic E-state index is 5.74. The molecule has 1 aromatic carbocycles. The van der Waals surface area contributed by atoms with Gasteiger partial charge in [0.2, 0.25) is 0 Å². The topological polar surface area (TPSA) is 57.4 Å². The summed E-state index contributed by atoms with van der Waals surface area (Å²) in [7, 11) is 1.63. The van der Waals surface area contributed by atoms with Crippen LogP contribution >= 0.6 is 0 Å². The average molecular weight is 258 g/mol. The first-order valence-electron chi connectivity index (χ1n) is 6.22. The molecule has 0 aliphatic rings. The summed E-state index contributed by atoms with van der Waals surface area (Å²) in [5, 5.41) is 0. The van der Waals surface area contributed by atoms with Crippen LogP contribution in [0.5, 0.6) is 11.5 Å². The number of hydrogen-bond donors (Lipinski definition) is 1. The molecule has 1 aromatic heterocycles. The van der Waals surface area contributed by atoms with E-state index in [-0.39, 0.29) is 0 Å². The molecule has 0 aliphatic heterocycles. The standard InChI is InChI=1S/C15H18N2O2/c1-18-15-9-13(10-16)4-5-14(15)19-8-6-12-3-2-7-17-11-12/h2-5,7,9,11H,6,8,10,16H2,1H3. The zero-order valence-electron chi connectivity index (χ0n) is 11.0. The van der Waals surface area contributed by atoms with Crippen molar-refractivity contribution in [2.24, 2.45) is 5.73 Å². The minimum absolute atomic E-state index is 0.492. The smallest absolute Gasteiger partial charge is 0.161 e. The highest BCUT2D eigenvalue weighted by atomic mass is 16.5. The Hall–Kier alpha value is -2.07. The van der Waals surface area contributed by atoms with E-state index in [9.17, 15) is 0 Å². The number of nitrogens with zero attached hydrogens (tertiary/aromatic N) is 1. The molecule has 19 heavy (non-hydrogen) atoms. The van der Waals surface area contributed by atoms with Crippen LogP contribution in [0.25, 0.3) is 0 Å². The van der Waals surface area contributed by atoms with Crippen LogP contribution in [0.3, 0.4) is 0 Å². The van der Waals surface area contributed by atoms with Crippen LogP contribution in [0.2, 0.25) is 0 Å². The molecule has 1 heterocycles. The molecule has 0 bridgehead atoms. The molecule has 0 aliphatic carbocycles. The third-order valence-corrected chi connectivity index (χ3v) is 2.83. The molecule has 2 rings (SSSR count). The van der Waals surface area contributed by atoms with Crippen LogP contribution in [-0.4, -0.2) is 18.7 Å². The van der Waals surface area contributed by atoms with Crippen molar-refractivity contribution in [3.63, 3.8) is 0 Å². The quantitative estimate of drug-likeness (QED) is 0.862. The minimum Gasteiger partial charge on any atom is -0.493 e. The molecule has 4 heteroatoms. The first-order valence-corrected chi connectivity index (χ1v) is 6.22. The summed E-state index contributed by atoms with van der Waals surface area (Å²) in [5.74, 6) is 1.46. The Bertz CT molecular complexity index is 515. The second-order valence-corrected chi connectivity index (χ2v) is 4.15. The second-order valence-electron chi connectivity index (χ2n) is 4.15. The molecule has 4 nitrogen and oxygen atoms in total. The molecular formula is C15H18N2O2. The van der Waals surface area contributed by atoms with Gasteiger partial charge in [0.1, 0.15) is 0 Å².